The highest BCUT2D eigenvalue weighted by Crippen LogP contribution is 2.30. The minimum absolute atomic E-state index is 0. The Morgan fingerprint density at radius 1 is 1.11 bits per heavy atom. The SMILES string of the molecule is COc1cc(CNCCn2ccnc2)ccc1OCc1ccc(Cl)cc1Cl.Cl. The minimum Gasteiger partial charge on any atom is -0.493 e. The molecule has 5 nitrogen and oxygen atoms in total. The summed E-state index contributed by atoms with van der Waals surface area (Å²) >= 11 is 12.1. The van der Waals surface area contributed by atoms with Gasteiger partial charge in [-0.05, 0) is 29.8 Å². The molecule has 0 fully saturated rings. The third-order valence-electron chi connectivity index (χ3n) is 4.06. The molecule has 0 aliphatic rings. The maximum absolute atomic E-state index is 6.19. The van der Waals surface area contributed by atoms with E-state index in [9.17, 15) is 0 Å². The molecule has 150 valence electrons. The van der Waals surface area contributed by atoms with Crippen LogP contribution in [0.15, 0.2) is 55.1 Å². The zero-order valence-electron chi connectivity index (χ0n) is 15.4. The van der Waals surface area contributed by atoms with Gasteiger partial charge in [0, 0.05) is 47.6 Å². The molecule has 1 heterocycles. The number of hydrogen-bond donors (Lipinski definition) is 1. The van der Waals surface area contributed by atoms with Crippen molar-refractivity contribution in [3.8, 4) is 11.5 Å². The quantitative estimate of drug-likeness (QED) is 0.474. The van der Waals surface area contributed by atoms with Crippen LogP contribution in [0.4, 0.5) is 0 Å². The smallest absolute Gasteiger partial charge is 0.161 e. The Morgan fingerprint density at radius 3 is 2.68 bits per heavy atom. The Balaban J connectivity index is 0.00000280. The minimum atomic E-state index is 0. The lowest BCUT2D eigenvalue weighted by atomic mass is 10.2. The van der Waals surface area contributed by atoms with Gasteiger partial charge in [-0.2, -0.15) is 0 Å². The van der Waals surface area contributed by atoms with Gasteiger partial charge in [-0.3, -0.25) is 0 Å². The van der Waals surface area contributed by atoms with E-state index in [1.54, 1.807) is 25.4 Å². The van der Waals surface area contributed by atoms with Crippen LogP contribution in [-0.2, 0) is 19.7 Å². The summed E-state index contributed by atoms with van der Waals surface area (Å²) in [7, 11) is 1.63. The van der Waals surface area contributed by atoms with Gasteiger partial charge in [0.1, 0.15) is 6.61 Å². The number of hydrogen-bond acceptors (Lipinski definition) is 4. The van der Waals surface area contributed by atoms with E-state index < -0.39 is 0 Å². The van der Waals surface area contributed by atoms with Crippen molar-refractivity contribution in [1.82, 2.24) is 14.9 Å². The first kappa shape index (κ1) is 22.4. The maximum Gasteiger partial charge on any atom is 0.161 e. The molecule has 1 N–H and O–H groups in total. The van der Waals surface area contributed by atoms with Gasteiger partial charge >= 0.3 is 0 Å². The maximum atomic E-state index is 6.19. The molecule has 0 saturated heterocycles. The molecule has 0 radical (unpaired) electrons. The Bertz CT molecular complexity index is 873. The molecule has 0 bridgehead atoms. The number of nitrogens with one attached hydrogen (secondary N) is 1. The van der Waals surface area contributed by atoms with Gasteiger partial charge < -0.3 is 19.4 Å². The molecule has 0 saturated carbocycles. The van der Waals surface area contributed by atoms with Crippen molar-refractivity contribution in [2.24, 2.45) is 0 Å². The third kappa shape index (κ3) is 6.31. The number of aromatic nitrogens is 2. The fourth-order valence-corrected chi connectivity index (χ4v) is 3.06. The number of imidazole rings is 1. The van der Waals surface area contributed by atoms with E-state index in [-0.39, 0.29) is 12.4 Å². The Morgan fingerprint density at radius 2 is 1.96 bits per heavy atom. The van der Waals surface area contributed by atoms with Gasteiger partial charge in [0.2, 0.25) is 0 Å². The lowest BCUT2D eigenvalue weighted by molar-refractivity contribution is 0.284. The van der Waals surface area contributed by atoms with Gasteiger partial charge in [-0.1, -0.05) is 35.3 Å². The largest absolute Gasteiger partial charge is 0.493 e. The molecule has 1 aromatic heterocycles. The lowest BCUT2D eigenvalue weighted by Gasteiger charge is -2.13. The summed E-state index contributed by atoms with van der Waals surface area (Å²) in [5.41, 5.74) is 1.99. The van der Waals surface area contributed by atoms with Gasteiger partial charge in [-0.15, -0.1) is 12.4 Å². The first-order valence-corrected chi connectivity index (χ1v) is 9.31. The molecule has 3 aromatic rings. The molecule has 0 atom stereocenters. The van der Waals surface area contributed by atoms with Crippen molar-refractivity contribution in [3.63, 3.8) is 0 Å². The second-order valence-corrected chi connectivity index (χ2v) is 6.83. The van der Waals surface area contributed by atoms with Crippen LogP contribution in [0.3, 0.4) is 0 Å². The molecule has 8 heteroatoms. The second kappa shape index (κ2) is 11.2. The van der Waals surface area contributed by atoms with E-state index in [0.717, 1.165) is 30.8 Å². The van der Waals surface area contributed by atoms with Crippen LogP contribution in [0.1, 0.15) is 11.1 Å². The van der Waals surface area contributed by atoms with Crippen molar-refractivity contribution in [2.75, 3.05) is 13.7 Å². The number of rotatable bonds is 9. The number of nitrogens with zero attached hydrogens (tertiary/aromatic N) is 2. The molecule has 2 aromatic carbocycles. The highest BCUT2D eigenvalue weighted by atomic mass is 35.5. The van der Waals surface area contributed by atoms with Gasteiger partial charge in [-0.25, -0.2) is 4.98 Å². The molecule has 0 aliphatic heterocycles. The molecule has 3 rings (SSSR count). The number of methoxy groups -OCH3 is 1. The van der Waals surface area contributed by atoms with Crippen LogP contribution in [0, 0.1) is 0 Å². The summed E-state index contributed by atoms with van der Waals surface area (Å²) in [6, 6.07) is 11.3. The summed E-state index contributed by atoms with van der Waals surface area (Å²) in [4.78, 5) is 4.03. The van der Waals surface area contributed by atoms with Crippen LogP contribution in [0.2, 0.25) is 10.0 Å². The van der Waals surface area contributed by atoms with Crippen molar-refractivity contribution in [2.45, 2.75) is 19.7 Å². The number of ether oxygens (including phenoxy) is 2. The average molecular weight is 443 g/mol. The highest BCUT2D eigenvalue weighted by Gasteiger charge is 2.08. The van der Waals surface area contributed by atoms with Crippen LogP contribution in [0.25, 0.3) is 0 Å². The molecule has 0 amide bonds. The monoisotopic (exact) mass is 441 g/mol. The van der Waals surface area contributed by atoms with Crippen LogP contribution in [-0.4, -0.2) is 23.2 Å². The zero-order chi connectivity index (χ0) is 19.1. The first-order valence-electron chi connectivity index (χ1n) is 8.56. The summed E-state index contributed by atoms with van der Waals surface area (Å²) in [5, 5.41) is 4.59. The van der Waals surface area contributed by atoms with E-state index in [4.69, 9.17) is 32.7 Å². The molecule has 28 heavy (non-hydrogen) atoms. The zero-order valence-corrected chi connectivity index (χ0v) is 17.7. The Kier molecular flexibility index (Phi) is 8.93. The summed E-state index contributed by atoms with van der Waals surface area (Å²) < 4.78 is 13.4. The number of halogens is 3. The molecular formula is C20H22Cl3N3O2. The standard InChI is InChI=1S/C20H21Cl2N3O2.ClH/c1-26-20-10-15(12-23-6-8-25-9-7-24-14-25)2-5-19(20)27-13-16-3-4-17(21)11-18(16)22;/h2-5,7,9-11,14,23H,6,8,12-13H2,1H3;1H. The Labute approximate surface area is 181 Å². The van der Waals surface area contributed by atoms with E-state index in [1.807, 2.05) is 41.4 Å². The molecule has 0 unspecified atom stereocenters. The lowest BCUT2D eigenvalue weighted by Crippen LogP contribution is -2.19. The summed E-state index contributed by atoms with van der Waals surface area (Å²) in [6.07, 6.45) is 5.54. The topological polar surface area (TPSA) is 48.3 Å². The van der Waals surface area contributed by atoms with Crippen LogP contribution >= 0.6 is 35.6 Å². The van der Waals surface area contributed by atoms with Gasteiger partial charge in [0.15, 0.2) is 11.5 Å². The van der Waals surface area contributed by atoms with Crippen molar-refractivity contribution < 1.29 is 9.47 Å². The van der Waals surface area contributed by atoms with E-state index >= 15 is 0 Å². The van der Waals surface area contributed by atoms with Gasteiger partial charge in [0.25, 0.3) is 0 Å². The predicted octanol–water partition coefficient (Wildman–Crippen LogP) is 4.99. The fourth-order valence-electron chi connectivity index (χ4n) is 2.60. The summed E-state index contributed by atoms with van der Waals surface area (Å²) in [5.74, 6) is 1.36. The third-order valence-corrected chi connectivity index (χ3v) is 4.65. The predicted molar refractivity (Wildman–Crippen MR) is 115 cm³/mol. The van der Waals surface area contributed by atoms with Crippen molar-refractivity contribution >= 4 is 35.6 Å². The second-order valence-electron chi connectivity index (χ2n) is 5.99. The van der Waals surface area contributed by atoms with Crippen molar-refractivity contribution in [1.29, 1.82) is 0 Å². The molecule has 0 aliphatic carbocycles. The van der Waals surface area contributed by atoms with Crippen LogP contribution in [0.5, 0.6) is 11.5 Å². The normalized spacial score (nSPS) is 10.4. The van der Waals surface area contributed by atoms with E-state index in [0.29, 0.717) is 28.2 Å². The first-order chi connectivity index (χ1) is 13.2. The number of benzene rings is 2. The van der Waals surface area contributed by atoms with Crippen molar-refractivity contribution in [3.05, 3.63) is 76.3 Å². The summed E-state index contributed by atoms with van der Waals surface area (Å²) in [6.45, 7) is 2.81. The Hall–Kier alpha value is -1.92. The highest BCUT2D eigenvalue weighted by molar-refractivity contribution is 6.35. The van der Waals surface area contributed by atoms with Gasteiger partial charge in [0.05, 0.1) is 13.4 Å². The molecular weight excluding hydrogens is 421 g/mol. The average Bonchev–Trinajstić information content (AvgIpc) is 3.18. The van der Waals surface area contributed by atoms with E-state index in [2.05, 4.69) is 10.3 Å². The molecule has 0 spiro atoms. The van der Waals surface area contributed by atoms with Crippen LogP contribution < -0.4 is 14.8 Å². The fraction of sp³-hybridized carbons (Fsp3) is 0.250. The van der Waals surface area contributed by atoms with E-state index in [1.165, 1.54) is 0 Å².